The van der Waals surface area contributed by atoms with Crippen LogP contribution in [0.4, 0.5) is 0 Å². The summed E-state index contributed by atoms with van der Waals surface area (Å²) in [6.07, 6.45) is 13.5. The molecule has 102 valence electrons. The number of nitrogens with zero attached hydrogens (tertiary/aromatic N) is 1. The van der Waals surface area contributed by atoms with Crippen LogP contribution in [0.3, 0.4) is 0 Å². The first kappa shape index (κ1) is 14.8. The van der Waals surface area contributed by atoms with Crippen LogP contribution in [0.5, 0.6) is 0 Å². The molecule has 5 heteroatoms. The minimum absolute atomic E-state index is 0.0909. The SMILES string of the molecule is O=C(O)c1cc(Cl)cnc1/C=C/C1=CC=CC=C(Br)C1. The second-order valence-corrected chi connectivity index (χ2v) is 5.60. The average Bonchev–Trinajstić information content (AvgIpc) is 2.61. The van der Waals surface area contributed by atoms with Gasteiger partial charge in [-0.2, -0.15) is 0 Å². The number of carbonyl (C=O) groups is 1. The average molecular weight is 353 g/mol. The van der Waals surface area contributed by atoms with Gasteiger partial charge in [0.2, 0.25) is 0 Å². The first-order valence-corrected chi connectivity index (χ1v) is 7.02. The van der Waals surface area contributed by atoms with E-state index in [9.17, 15) is 4.79 Å². The van der Waals surface area contributed by atoms with Crippen molar-refractivity contribution in [3.63, 3.8) is 0 Å². The van der Waals surface area contributed by atoms with Crippen molar-refractivity contribution < 1.29 is 9.90 Å². The van der Waals surface area contributed by atoms with Gasteiger partial charge < -0.3 is 5.11 Å². The number of allylic oxidation sites excluding steroid dienone is 7. The number of hydrogen-bond acceptors (Lipinski definition) is 2. The summed E-state index contributed by atoms with van der Waals surface area (Å²) in [6, 6.07) is 1.40. The lowest BCUT2D eigenvalue weighted by molar-refractivity contribution is 0.0696. The zero-order chi connectivity index (χ0) is 14.5. The molecule has 1 N–H and O–H groups in total. The van der Waals surface area contributed by atoms with Crippen LogP contribution in [0.15, 0.2) is 52.7 Å². The predicted molar refractivity (Wildman–Crippen MR) is 84.1 cm³/mol. The lowest BCUT2D eigenvalue weighted by Gasteiger charge is -2.02. The lowest BCUT2D eigenvalue weighted by atomic mass is 10.1. The van der Waals surface area contributed by atoms with Crippen LogP contribution in [0.2, 0.25) is 5.02 Å². The van der Waals surface area contributed by atoms with Gasteiger partial charge in [-0.05, 0) is 22.2 Å². The third-order valence-corrected chi connectivity index (χ3v) is 3.39. The molecular weight excluding hydrogens is 342 g/mol. The molecule has 2 rings (SSSR count). The van der Waals surface area contributed by atoms with Crippen molar-refractivity contribution in [3.05, 3.63) is 69.0 Å². The van der Waals surface area contributed by atoms with E-state index in [2.05, 4.69) is 20.9 Å². The molecule has 0 fully saturated rings. The minimum Gasteiger partial charge on any atom is -0.478 e. The standard InChI is InChI=1S/C15H11BrClNO2/c16-11-4-2-1-3-10(7-11)5-6-14-13(15(19)20)8-12(17)9-18-14/h1-6,8-9H,7H2,(H,19,20)/b6-5+. The number of pyridine rings is 1. The first-order chi connectivity index (χ1) is 9.56. The Morgan fingerprint density at radius 2 is 2.10 bits per heavy atom. The van der Waals surface area contributed by atoms with Gasteiger partial charge >= 0.3 is 5.97 Å². The highest BCUT2D eigenvalue weighted by Gasteiger charge is 2.10. The Labute approximate surface area is 130 Å². The molecule has 0 unspecified atom stereocenters. The molecule has 1 aromatic rings. The van der Waals surface area contributed by atoms with Gasteiger partial charge in [0.05, 0.1) is 16.3 Å². The molecule has 0 saturated carbocycles. The second-order valence-electron chi connectivity index (χ2n) is 4.14. The summed E-state index contributed by atoms with van der Waals surface area (Å²) in [5, 5.41) is 9.45. The summed E-state index contributed by atoms with van der Waals surface area (Å²) in [5.74, 6) is -1.05. The smallest absolute Gasteiger partial charge is 0.337 e. The Morgan fingerprint density at radius 1 is 1.35 bits per heavy atom. The maximum atomic E-state index is 11.2. The van der Waals surface area contributed by atoms with Gasteiger partial charge in [-0.3, -0.25) is 4.98 Å². The summed E-state index contributed by atoms with van der Waals surface area (Å²) in [5.41, 5.74) is 1.53. The third-order valence-electron chi connectivity index (χ3n) is 2.64. The Balaban J connectivity index is 2.28. The number of rotatable bonds is 3. The fraction of sp³-hybridized carbons (Fsp3) is 0.0667. The molecule has 0 aliphatic heterocycles. The highest BCUT2D eigenvalue weighted by atomic mass is 79.9. The van der Waals surface area contributed by atoms with Gasteiger partial charge in [0.1, 0.15) is 0 Å². The Kier molecular flexibility index (Phi) is 4.93. The fourth-order valence-corrected chi connectivity index (χ4v) is 2.34. The van der Waals surface area contributed by atoms with Crippen LogP contribution < -0.4 is 0 Å². The maximum Gasteiger partial charge on any atom is 0.337 e. The van der Waals surface area contributed by atoms with Gasteiger partial charge in [0.15, 0.2) is 0 Å². The maximum absolute atomic E-state index is 11.2. The van der Waals surface area contributed by atoms with E-state index in [0.717, 1.165) is 16.5 Å². The van der Waals surface area contributed by atoms with Crippen molar-refractivity contribution in [1.82, 2.24) is 4.98 Å². The first-order valence-electron chi connectivity index (χ1n) is 5.85. The summed E-state index contributed by atoms with van der Waals surface area (Å²) in [4.78, 5) is 15.2. The van der Waals surface area contributed by atoms with Crippen LogP contribution in [0.1, 0.15) is 22.5 Å². The normalized spacial score (nSPS) is 14.9. The van der Waals surface area contributed by atoms with Crippen molar-refractivity contribution in [2.24, 2.45) is 0 Å². The third kappa shape index (κ3) is 3.92. The van der Waals surface area contributed by atoms with E-state index in [1.54, 1.807) is 6.08 Å². The fourth-order valence-electron chi connectivity index (χ4n) is 1.71. The Hall–Kier alpha value is -1.65. The number of aromatic carboxylic acids is 1. The molecule has 0 atom stereocenters. The molecule has 0 spiro atoms. The van der Waals surface area contributed by atoms with E-state index in [1.807, 2.05) is 30.4 Å². The topological polar surface area (TPSA) is 50.2 Å². The zero-order valence-electron chi connectivity index (χ0n) is 10.4. The van der Waals surface area contributed by atoms with Crippen LogP contribution in [0, 0.1) is 0 Å². The van der Waals surface area contributed by atoms with Crippen LogP contribution in [-0.2, 0) is 0 Å². The Morgan fingerprint density at radius 3 is 2.85 bits per heavy atom. The molecule has 1 aromatic heterocycles. The molecule has 1 heterocycles. The van der Waals surface area contributed by atoms with Gasteiger partial charge in [0, 0.05) is 12.6 Å². The minimum atomic E-state index is -1.05. The highest BCUT2D eigenvalue weighted by molar-refractivity contribution is 9.11. The van der Waals surface area contributed by atoms with Crippen molar-refractivity contribution >= 4 is 39.6 Å². The van der Waals surface area contributed by atoms with E-state index in [0.29, 0.717) is 10.7 Å². The number of carboxylic acids is 1. The number of aromatic nitrogens is 1. The summed E-state index contributed by atoms with van der Waals surface area (Å²) in [7, 11) is 0. The van der Waals surface area contributed by atoms with Crippen LogP contribution in [0.25, 0.3) is 6.08 Å². The number of carboxylic acid groups (broad SMARTS) is 1. The molecule has 0 bridgehead atoms. The van der Waals surface area contributed by atoms with E-state index in [4.69, 9.17) is 16.7 Å². The van der Waals surface area contributed by atoms with Gasteiger partial charge in [-0.1, -0.05) is 57.9 Å². The van der Waals surface area contributed by atoms with Crippen molar-refractivity contribution in [2.45, 2.75) is 6.42 Å². The molecular formula is C15H11BrClNO2. The summed E-state index contributed by atoms with van der Waals surface area (Å²) < 4.78 is 1.06. The summed E-state index contributed by atoms with van der Waals surface area (Å²) in [6.45, 7) is 0. The van der Waals surface area contributed by atoms with E-state index in [-0.39, 0.29) is 5.56 Å². The molecule has 20 heavy (non-hydrogen) atoms. The van der Waals surface area contributed by atoms with Crippen molar-refractivity contribution in [3.8, 4) is 0 Å². The van der Waals surface area contributed by atoms with E-state index >= 15 is 0 Å². The van der Waals surface area contributed by atoms with Crippen LogP contribution in [-0.4, -0.2) is 16.1 Å². The van der Waals surface area contributed by atoms with Crippen molar-refractivity contribution in [1.29, 1.82) is 0 Å². The van der Waals surface area contributed by atoms with E-state index in [1.165, 1.54) is 12.3 Å². The van der Waals surface area contributed by atoms with Gasteiger partial charge in [-0.25, -0.2) is 4.79 Å². The molecule has 1 aliphatic carbocycles. The molecule has 0 saturated heterocycles. The zero-order valence-corrected chi connectivity index (χ0v) is 12.7. The Bertz CT molecular complexity index is 660. The molecule has 3 nitrogen and oxygen atoms in total. The molecule has 0 radical (unpaired) electrons. The lowest BCUT2D eigenvalue weighted by Crippen LogP contribution is -2.01. The molecule has 0 amide bonds. The predicted octanol–water partition coefficient (Wildman–Crippen LogP) is 4.61. The monoisotopic (exact) mass is 351 g/mol. The number of halogens is 2. The van der Waals surface area contributed by atoms with Crippen molar-refractivity contribution in [2.75, 3.05) is 0 Å². The number of hydrogen-bond donors (Lipinski definition) is 1. The molecule has 0 aromatic carbocycles. The quantitative estimate of drug-likeness (QED) is 0.864. The van der Waals surface area contributed by atoms with Gasteiger partial charge in [0.25, 0.3) is 0 Å². The largest absolute Gasteiger partial charge is 0.478 e. The van der Waals surface area contributed by atoms with Gasteiger partial charge in [-0.15, -0.1) is 0 Å². The highest BCUT2D eigenvalue weighted by Crippen LogP contribution is 2.22. The van der Waals surface area contributed by atoms with E-state index < -0.39 is 5.97 Å². The van der Waals surface area contributed by atoms with Crippen LogP contribution >= 0.6 is 27.5 Å². The molecule has 1 aliphatic rings. The second kappa shape index (κ2) is 6.68. The summed E-state index contributed by atoms with van der Waals surface area (Å²) >= 11 is 9.23.